The number of piperidine rings is 2. The number of hydrogen-bond donors (Lipinski definition) is 3. The smallest absolute Gasteiger partial charge is 0.255 e. The number of fused-ring (bicyclic) bond motifs is 2. The number of nitrogens with one attached hydrogen (secondary N) is 3. The van der Waals surface area contributed by atoms with E-state index in [1.54, 1.807) is 22.8 Å². The molecule has 3 saturated carbocycles. The summed E-state index contributed by atoms with van der Waals surface area (Å²) in [4.78, 5) is 83.1. The summed E-state index contributed by atoms with van der Waals surface area (Å²) in [5.41, 5.74) is 1.58. The number of imide groups is 1. The molecule has 0 radical (unpaired) electrons. The molecule has 15 nitrogen and oxygen atoms in total. The lowest BCUT2D eigenvalue weighted by atomic mass is 9.66. The summed E-state index contributed by atoms with van der Waals surface area (Å²) in [5, 5.41) is 10.9. The Morgan fingerprint density at radius 3 is 2.39 bits per heavy atom. The van der Waals surface area contributed by atoms with Crippen LogP contribution in [-0.2, 0) is 36.9 Å². The second kappa shape index (κ2) is 20.0. The van der Waals surface area contributed by atoms with Crippen LogP contribution in [0.3, 0.4) is 0 Å². The third-order valence-electron chi connectivity index (χ3n) is 17.2. The van der Waals surface area contributed by atoms with E-state index in [1.807, 2.05) is 4.90 Å². The van der Waals surface area contributed by atoms with Gasteiger partial charge in [-0.3, -0.25) is 44.4 Å². The van der Waals surface area contributed by atoms with Gasteiger partial charge in [0.15, 0.2) is 11.2 Å². The van der Waals surface area contributed by atoms with E-state index in [2.05, 4.69) is 40.3 Å². The van der Waals surface area contributed by atoms with E-state index in [0.717, 1.165) is 116 Å². The van der Waals surface area contributed by atoms with Crippen molar-refractivity contribution in [1.29, 1.82) is 0 Å². The SMILES string of the molecule is O=C1CC[C@H](NC2CCC(C3CCN(CC(=O)N4CCCN(C5CCC(C6CC(F)C7CN(C(C(=O)Nc8nccs8)c8ncn9c8CCC9)C(=O)C7C6)CC5)CC4)CC3)C(F)C2)C(=O)N1. The largest absolute Gasteiger partial charge is 0.340 e. The van der Waals surface area contributed by atoms with Crippen molar-refractivity contribution in [1.82, 2.24) is 44.8 Å². The van der Waals surface area contributed by atoms with Gasteiger partial charge >= 0.3 is 0 Å². The molecule has 66 heavy (non-hydrogen) atoms. The lowest BCUT2D eigenvalue weighted by molar-refractivity contribution is -0.139. The third kappa shape index (κ3) is 9.71. The molecule has 5 aliphatic heterocycles. The highest BCUT2D eigenvalue weighted by Crippen LogP contribution is 2.49. The predicted octanol–water partition coefficient (Wildman–Crippen LogP) is 4.50. The highest BCUT2D eigenvalue weighted by atomic mass is 32.1. The number of halogens is 2. The molecule has 3 N–H and O–H groups in total. The van der Waals surface area contributed by atoms with Gasteiger partial charge in [-0.25, -0.2) is 18.7 Å². The molecule has 7 fully saturated rings. The number of aryl methyl sites for hydroxylation is 1. The van der Waals surface area contributed by atoms with Crippen molar-refractivity contribution in [3.8, 4) is 0 Å². The van der Waals surface area contributed by atoms with Crippen molar-refractivity contribution in [2.24, 2.45) is 35.5 Å². The number of nitrogens with zero attached hydrogens (tertiary/aromatic N) is 7. The fraction of sp³-hybridized carbons (Fsp3) is 0.771. The molecule has 8 aliphatic rings. The van der Waals surface area contributed by atoms with Gasteiger partial charge in [0.1, 0.15) is 12.3 Å². The Balaban J connectivity index is 0.665. The summed E-state index contributed by atoms with van der Waals surface area (Å²) in [6.45, 7) is 6.35. The van der Waals surface area contributed by atoms with Crippen LogP contribution < -0.4 is 16.0 Å². The van der Waals surface area contributed by atoms with E-state index < -0.39 is 36.3 Å². The fourth-order valence-corrected chi connectivity index (χ4v) is 14.2. The van der Waals surface area contributed by atoms with Crippen LogP contribution in [0, 0.1) is 35.5 Å². The first-order chi connectivity index (χ1) is 32.1. The van der Waals surface area contributed by atoms with Gasteiger partial charge in [0.2, 0.25) is 23.6 Å². The highest BCUT2D eigenvalue weighted by Gasteiger charge is 2.54. The Hall–Kier alpha value is -3.87. The number of carbonyl (C=O) groups is 5. The molecular formula is C48H68F2N10O5S. The maximum atomic E-state index is 16.3. The first kappa shape index (κ1) is 45.9. The summed E-state index contributed by atoms with van der Waals surface area (Å²) < 4.78 is 33.9. The molecule has 360 valence electrons. The standard InChI is InChI=1S/C48H68F2N10O5S/c49-37-24-31(23-35-36(37)26-60(47(35)65)44(46(64)55-48-51-14-22-66-48)43-40-3-1-15-59(40)28-52-43)29-4-7-33(8-5-29)57-16-2-17-58(21-20-57)42(62)27-56-18-12-30(13-19-56)34-9-6-32(25-38(34)50)53-39-10-11-41(61)54-45(39)63/h14,22,28-39,44,53H,1-13,15-21,23-27H2,(H,51,55,64)(H,54,61,63)/t29?,31?,32?,33?,34?,35?,36?,37?,38?,39-,44?/m0/s1. The van der Waals surface area contributed by atoms with Gasteiger partial charge in [0.05, 0.1) is 24.6 Å². The predicted molar refractivity (Wildman–Crippen MR) is 243 cm³/mol. The summed E-state index contributed by atoms with van der Waals surface area (Å²) in [5.74, 6) is -0.890. The summed E-state index contributed by atoms with van der Waals surface area (Å²) in [7, 11) is 0. The second-order valence-corrected chi connectivity index (χ2v) is 21.8. The van der Waals surface area contributed by atoms with Crippen molar-refractivity contribution in [2.75, 3.05) is 57.7 Å². The molecule has 0 spiro atoms. The number of anilines is 1. The molecular weight excluding hydrogens is 867 g/mol. The van der Waals surface area contributed by atoms with Crippen LogP contribution >= 0.6 is 11.3 Å². The van der Waals surface area contributed by atoms with Crippen LogP contribution in [0.4, 0.5) is 13.9 Å². The third-order valence-corrected chi connectivity index (χ3v) is 17.9. The number of rotatable bonds is 11. The second-order valence-electron chi connectivity index (χ2n) is 20.9. The maximum Gasteiger partial charge on any atom is 0.255 e. The van der Waals surface area contributed by atoms with Gasteiger partial charge in [-0.2, -0.15) is 0 Å². The minimum Gasteiger partial charge on any atom is -0.340 e. The van der Waals surface area contributed by atoms with Crippen LogP contribution in [-0.4, -0.2) is 146 Å². The van der Waals surface area contributed by atoms with Crippen molar-refractivity contribution in [2.45, 2.75) is 146 Å². The van der Waals surface area contributed by atoms with Gasteiger partial charge in [0, 0.05) is 86.9 Å². The number of amides is 5. The number of carbonyl (C=O) groups excluding carboxylic acids is 5. The maximum absolute atomic E-state index is 16.3. The molecule has 8 unspecified atom stereocenters. The van der Waals surface area contributed by atoms with Crippen LogP contribution in [0.25, 0.3) is 0 Å². The average Bonchev–Trinajstić information content (AvgIpc) is 4.11. The zero-order chi connectivity index (χ0) is 45.5. The average molecular weight is 935 g/mol. The monoisotopic (exact) mass is 935 g/mol. The zero-order valence-corrected chi connectivity index (χ0v) is 39.0. The van der Waals surface area contributed by atoms with Gasteiger partial charge in [-0.15, -0.1) is 11.3 Å². The van der Waals surface area contributed by atoms with E-state index >= 15 is 8.78 Å². The lowest BCUT2D eigenvalue weighted by Gasteiger charge is -2.42. The van der Waals surface area contributed by atoms with Crippen molar-refractivity contribution >= 4 is 46.0 Å². The van der Waals surface area contributed by atoms with Crippen LogP contribution in [0.1, 0.15) is 114 Å². The van der Waals surface area contributed by atoms with Crippen molar-refractivity contribution in [3.63, 3.8) is 0 Å². The van der Waals surface area contributed by atoms with E-state index in [-0.39, 0.29) is 54.0 Å². The molecule has 10 rings (SSSR count). The Morgan fingerprint density at radius 2 is 1.62 bits per heavy atom. The summed E-state index contributed by atoms with van der Waals surface area (Å²) in [6.07, 6.45) is 13.9. The highest BCUT2D eigenvalue weighted by molar-refractivity contribution is 7.13. The number of imidazole rings is 1. The molecule has 9 atom stereocenters. The molecule has 0 aromatic carbocycles. The Bertz CT molecular complexity index is 2080. The van der Waals surface area contributed by atoms with E-state index in [0.29, 0.717) is 73.9 Å². The van der Waals surface area contributed by atoms with E-state index in [9.17, 15) is 24.0 Å². The summed E-state index contributed by atoms with van der Waals surface area (Å²) in [6, 6.07) is -0.971. The van der Waals surface area contributed by atoms with Crippen LogP contribution in [0.2, 0.25) is 0 Å². The van der Waals surface area contributed by atoms with Crippen molar-refractivity contribution in [3.05, 3.63) is 29.3 Å². The molecule has 18 heteroatoms. The van der Waals surface area contributed by atoms with E-state index in [1.165, 1.54) is 11.3 Å². The van der Waals surface area contributed by atoms with Gasteiger partial charge < -0.3 is 19.7 Å². The first-order valence-electron chi connectivity index (χ1n) is 25.2. The molecule has 4 saturated heterocycles. The molecule has 2 aromatic rings. The molecule has 0 bridgehead atoms. The molecule has 2 aromatic heterocycles. The number of hydrogen-bond acceptors (Lipinski definition) is 11. The quantitative estimate of drug-likeness (QED) is 0.274. The number of thiazole rings is 1. The van der Waals surface area contributed by atoms with E-state index in [4.69, 9.17) is 0 Å². The molecule has 3 aliphatic carbocycles. The minimum atomic E-state index is -1.10. The first-order valence-corrected chi connectivity index (χ1v) is 26.1. The summed E-state index contributed by atoms with van der Waals surface area (Å²) >= 11 is 1.32. The van der Waals surface area contributed by atoms with Crippen LogP contribution in [0.5, 0.6) is 0 Å². The molecule has 7 heterocycles. The topological polar surface area (TPSA) is 165 Å². The minimum absolute atomic E-state index is 0.00990. The lowest BCUT2D eigenvalue weighted by Crippen LogP contribution is -2.55. The zero-order valence-electron chi connectivity index (χ0n) is 38.2. The number of aromatic nitrogens is 3. The van der Waals surface area contributed by atoms with Crippen molar-refractivity contribution < 1.29 is 32.8 Å². The van der Waals surface area contributed by atoms with Gasteiger partial charge in [0.25, 0.3) is 5.91 Å². The Morgan fingerprint density at radius 1 is 0.803 bits per heavy atom. The number of likely N-dealkylation sites (tertiary alicyclic amines) is 2. The van der Waals surface area contributed by atoms with Gasteiger partial charge in [-0.1, -0.05) is 0 Å². The Labute approximate surface area is 390 Å². The number of alkyl halides is 2. The molecule has 5 amide bonds. The van der Waals surface area contributed by atoms with Gasteiger partial charge in [-0.05, 0) is 133 Å². The van der Waals surface area contributed by atoms with Crippen LogP contribution in [0.15, 0.2) is 17.9 Å². The fourth-order valence-electron chi connectivity index (χ4n) is 13.7. The Kier molecular flexibility index (Phi) is 13.9. The normalized spacial score (nSPS) is 34.4.